The van der Waals surface area contributed by atoms with Gasteiger partial charge in [-0.3, -0.25) is 4.79 Å². The minimum atomic E-state index is 0.126. The number of fused-ring (bicyclic) bond motifs is 1. The zero-order valence-corrected chi connectivity index (χ0v) is 12.8. The fourth-order valence-electron chi connectivity index (χ4n) is 2.74. The fourth-order valence-corrected chi connectivity index (χ4v) is 2.74. The highest BCUT2D eigenvalue weighted by atomic mass is 16.2. The van der Waals surface area contributed by atoms with Crippen molar-refractivity contribution >= 4 is 17.4 Å². The number of nitrogens with zero attached hydrogens (tertiary/aromatic N) is 6. The topological polar surface area (TPSA) is 66.6 Å². The van der Waals surface area contributed by atoms with Gasteiger partial charge in [0.05, 0.1) is 6.67 Å². The van der Waals surface area contributed by atoms with Crippen molar-refractivity contribution in [3.63, 3.8) is 0 Å². The number of aromatic nitrogens is 4. The van der Waals surface area contributed by atoms with Gasteiger partial charge in [0.2, 0.25) is 5.91 Å². The van der Waals surface area contributed by atoms with E-state index in [-0.39, 0.29) is 5.91 Å². The number of hydrogen-bond acceptors (Lipinski definition) is 5. The average molecular weight is 308 g/mol. The summed E-state index contributed by atoms with van der Waals surface area (Å²) in [5, 5.41) is 13.0. The highest BCUT2D eigenvalue weighted by Crippen LogP contribution is 2.21. The maximum Gasteiger partial charge on any atom is 0.243 e. The normalized spacial score (nSPS) is 14.9. The van der Waals surface area contributed by atoms with Crippen LogP contribution in [-0.2, 0) is 4.79 Å². The van der Waals surface area contributed by atoms with Gasteiger partial charge >= 0.3 is 0 Å². The van der Waals surface area contributed by atoms with Gasteiger partial charge in [-0.1, -0.05) is 30.3 Å². The molecule has 0 aliphatic carbocycles. The Morgan fingerprint density at radius 2 is 1.91 bits per heavy atom. The van der Waals surface area contributed by atoms with Gasteiger partial charge in [0.15, 0.2) is 17.3 Å². The summed E-state index contributed by atoms with van der Waals surface area (Å²) in [7, 11) is 0. The monoisotopic (exact) mass is 308 g/mol. The predicted octanol–water partition coefficient (Wildman–Crippen LogP) is 1.42. The van der Waals surface area contributed by atoms with Crippen molar-refractivity contribution in [3.05, 3.63) is 42.5 Å². The lowest BCUT2D eigenvalue weighted by Crippen LogP contribution is -2.27. The maximum absolute atomic E-state index is 11.9. The molecule has 2 aromatic heterocycles. The third-order valence-electron chi connectivity index (χ3n) is 4.01. The molecule has 3 heterocycles. The molecule has 1 aromatic carbocycles. The van der Waals surface area contributed by atoms with Crippen LogP contribution >= 0.6 is 0 Å². The average Bonchev–Trinajstić information content (AvgIpc) is 3.18. The number of hydrogen-bond donors (Lipinski definition) is 0. The second kappa shape index (κ2) is 5.35. The molecule has 1 amide bonds. The number of benzene rings is 1. The lowest BCUT2D eigenvalue weighted by Gasteiger charge is -2.17. The standard InChI is InChI=1S/C16H16N6O/c1-2-20-11-21(10-15(20)23)14-9-8-13-17-18-16(22(13)19-14)12-6-4-3-5-7-12/h3-9H,2,10-11H2,1H3. The van der Waals surface area contributed by atoms with E-state index in [1.165, 1.54) is 0 Å². The Kier molecular flexibility index (Phi) is 3.18. The first-order valence-electron chi connectivity index (χ1n) is 7.57. The number of carbonyl (C=O) groups is 1. The molecule has 0 saturated carbocycles. The zero-order valence-electron chi connectivity index (χ0n) is 12.8. The summed E-state index contributed by atoms with van der Waals surface area (Å²) in [5.74, 6) is 1.57. The van der Waals surface area contributed by atoms with E-state index in [0.717, 1.165) is 11.4 Å². The molecular weight excluding hydrogens is 292 g/mol. The fraction of sp³-hybridized carbons (Fsp3) is 0.250. The molecule has 7 heteroatoms. The number of carbonyl (C=O) groups excluding carboxylic acids is 1. The van der Waals surface area contributed by atoms with Crippen molar-refractivity contribution in [2.45, 2.75) is 6.92 Å². The minimum absolute atomic E-state index is 0.126. The van der Waals surface area contributed by atoms with Crippen LogP contribution in [0.2, 0.25) is 0 Å². The lowest BCUT2D eigenvalue weighted by molar-refractivity contribution is -0.126. The molecule has 4 rings (SSSR count). The van der Waals surface area contributed by atoms with E-state index >= 15 is 0 Å². The molecule has 7 nitrogen and oxygen atoms in total. The van der Waals surface area contributed by atoms with Gasteiger partial charge in [-0.2, -0.15) is 4.52 Å². The third kappa shape index (κ3) is 2.30. The van der Waals surface area contributed by atoms with Gasteiger partial charge in [0.1, 0.15) is 6.54 Å². The summed E-state index contributed by atoms with van der Waals surface area (Å²) in [5.41, 5.74) is 1.64. The van der Waals surface area contributed by atoms with Gasteiger partial charge < -0.3 is 9.80 Å². The van der Waals surface area contributed by atoms with Gasteiger partial charge in [0, 0.05) is 12.1 Å². The van der Waals surface area contributed by atoms with E-state index in [9.17, 15) is 4.79 Å². The Bertz CT molecular complexity index is 859. The summed E-state index contributed by atoms with van der Waals surface area (Å²) in [6.07, 6.45) is 0. The van der Waals surface area contributed by atoms with E-state index in [1.54, 1.807) is 9.42 Å². The summed E-state index contributed by atoms with van der Waals surface area (Å²) < 4.78 is 1.73. The summed E-state index contributed by atoms with van der Waals surface area (Å²) in [4.78, 5) is 15.7. The zero-order chi connectivity index (χ0) is 15.8. The van der Waals surface area contributed by atoms with Crippen LogP contribution in [0.25, 0.3) is 17.0 Å². The Hall–Kier alpha value is -2.96. The van der Waals surface area contributed by atoms with E-state index < -0.39 is 0 Å². The number of rotatable bonds is 3. The van der Waals surface area contributed by atoms with Crippen molar-refractivity contribution in [1.29, 1.82) is 0 Å². The van der Waals surface area contributed by atoms with Crippen LogP contribution in [0, 0.1) is 0 Å². The number of anilines is 1. The largest absolute Gasteiger partial charge is 0.328 e. The molecule has 0 spiro atoms. The molecule has 116 valence electrons. The first-order chi connectivity index (χ1) is 11.3. The Labute approximate surface area is 133 Å². The summed E-state index contributed by atoms with van der Waals surface area (Å²) >= 11 is 0. The Morgan fingerprint density at radius 3 is 2.65 bits per heavy atom. The predicted molar refractivity (Wildman–Crippen MR) is 85.8 cm³/mol. The number of likely N-dealkylation sites (N-methyl/N-ethyl adjacent to an activating group) is 1. The smallest absolute Gasteiger partial charge is 0.243 e. The summed E-state index contributed by atoms with van der Waals surface area (Å²) in [6, 6.07) is 13.6. The first-order valence-corrected chi connectivity index (χ1v) is 7.57. The molecule has 1 saturated heterocycles. The molecule has 0 unspecified atom stereocenters. The Morgan fingerprint density at radius 1 is 1.09 bits per heavy atom. The van der Waals surface area contributed by atoms with E-state index in [4.69, 9.17) is 0 Å². The van der Waals surface area contributed by atoms with E-state index in [1.807, 2.05) is 54.3 Å². The quantitative estimate of drug-likeness (QED) is 0.732. The molecule has 0 N–H and O–H groups in total. The van der Waals surface area contributed by atoms with Gasteiger partial charge in [-0.25, -0.2) is 0 Å². The third-order valence-corrected chi connectivity index (χ3v) is 4.01. The van der Waals surface area contributed by atoms with E-state index in [0.29, 0.717) is 31.2 Å². The molecule has 1 fully saturated rings. The van der Waals surface area contributed by atoms with Gasteiger partial charge in [-0.05, 0) is 19.1 Å². The van der Waals surface area contributed by atoms with Crippen molar-refractivity contribution in [3.8, 4) is 11.4 Å². The molecule has 0 atom stereocenters. The highest BCUT2D eigenvalue weighted by Gasteiger charge is 2.27. The van der Waals surface area contributed by atoms with Crippen molar-refractivity contribution in [1.82, 2.24) is 24.7 Å². The molecule has 1 aliphatic rings. The van der Waals surface area contributed by atoms with Gasteiger partial charge in [0.25, 0.3) is 0 Å². The minimum Gasteiger partial charge on any atom is -0.328 e. The highest BCUT2D eigenvalue weighted by molar-refractivity contribution is 5.84. The van der Waals surface area contributed by atoms with Crippen LogP contribution in [0.15, 0.2) is 42.5 Å². The first kappa shape index (κ1) is 13.7. The SMILES string of the molecule is CCN1CN(c2ccc3nnc(-c4ccccc4)n3n2)CC1=O. The van der Waals surface area contributed by atoms with Crippen LogP contribution in [0.1, 0.15) is 6.92 Å². The van der Waals surface area contributed by atoms with Crippen LogP contribution in [0.4, 0.5) is 5.82 Å². The van der Waals surface area contributed by atoms with Crippen LogP contribution in [-0.4, -0.2) is 50.4 Å². The molecular formula is C16H16N6O. The lowest BCUT2D eigenvalue weighted by atomic mass is 10.2. The van der Waals surface area contributed by atoms with Crippen molar-refractivity contribution in [2.75, 3.05) is 24.7 Å². The molecule has 1 aliphatic heterocycles. The number of amides is 1. The molecule has 23 heavy (non-hydrogen) atoms. The van der Waals surface area contributed by atoms with E-state index in [2.05, 4.69) is 15.3 Å². The van der Waals surface area contributed by atoms with Crippen molar-refractivity contribution in [2.24, 2.45) is 0 Å². The summed E-state index contributed by atoms with van der Waals surface area (Å²) in [6.45, 7) is 3.61. The Balaban J connectivity index is 1.75. The second-order valence-corrected chi connectivity index (χ2v) is 5.44. The van der Waals surface area contributed by atoms with Crippen LogP contribution in [0.3, 0.4) is 0 Å². The van der Waals surface area contributed by atoms with Gasteiger partial charge in [-0.15, -0.1) is 15.3 Å². The molecule has 0 radical (unpaired) electrons. The molecule has 0 bridgehead atoms. The molecule has 3 aromatic rings. The van der Waals surface area contributed by atoms with Crippen molar-refractivity contribution < 1.29 is 4.79 Å². The van der Waals surface area contributed by atoms with Crippen LogP contribution < -0.4 is 4.90 Å². The van der Waals surface area contributed by atoms with Crippen LogP contribution in [0.5, 0.6) is 0 Å². The maximum atomic E-state index is 11.9. The second-order valence-electron chi connectivity index (χ2n) is 5.44.